The Hall–Kier alpha value is -3.75. The van der Waals surface area contributed by atoms with E-state index in [1.165, 1.54) is 0 Å². The van der Waals surface area contributed by atoms with E-state index in [0.717, 1.165) is 89.9 Å². The number of carbonyl (C=O) groups excluding carboxylic acids is 3. The van der Waals surface area contributed by atoms with Crippen molar-refractivity contribution >= 4 is 17.9 Å². The van der Waals surface area contributed by atoms with Gasteiger partial charge in [-0.25, -0.2) is 0 Å². The molecule has 0 amide bonds. The molecule has 0 fully saturated rings. The van der Waals surface area contributed by atoms with Gasteiger partial charge in [0, 0.05) is 19.3 Å². The largest absolute Gasteiger partial charge is 0.544 e. The smallest absolute Gasteiger partial charge is 0.306 e. The van der Waals surface area contributed by atoms with Crippen molar-refractivity contribution < 1.29 is 38.2 Å². The van der Waals surface area contributed by atoms with Crippen molar-refractivity contribution in [2.45, 2.75) is 142 Å². The van der Waals surface area contributed by atoms with Gasteiger partial charge in [0.05, 0.1) is 40.3 Å². The van der Waals surface area contributed by atoms with Crippen LogP contribution >= 0.6 is 0 Å². The van der Waals surface area contributed by atoms with Crippen molar-refractivity contribution in [3.8, 4) is 0 Å². The lowest BCUT2D eigenvalue weighted by molar-refractivity contribution is -0.889. The van der Waals surface area contributed by atoms with Crippen LogP contribution in [0.3, 0.4) is 0 Å². The maximum atomic E-state index is 12.7. The molecule has 0 aliphatic carbocycles. The highest BCUT2D eigenvalue weighted by Crippen LogP contribution is 2.11. The Bertz CT molecular complexity index is 1220. The number of allylic oxidation sites excluding steroid dienone is 16. The summed E-state index contributed by atoms with van der Waals surface area (Å²) in [6.45, 7) is 4.31. The minimum atomic E-state index is -1.14. The lowest BCUT2D eigenvalue weighted by Gasteiger charge is -2.34. The molecule has 0 N–H and O–H groups in total. The van der Waals surface area contributed by atoms with Gasteiger partial charge >= 0.3 is 11.9 Å². The number of quaternary nitrogens is 1. The second-order valence-electron chi connectivity index (χ2n) is 14.5. The predicted molar refractivity (Wildman–Crippen MR) is 226 cm³/mol. The molecule has 0 heterocycles. The average molecular weight is 766 g/mol. The molecule has 0 aliphatic heterocycles. The van der Waals surface area contributed by atoms with Crippen LogP contribution in [0.1, 0.15) is 129 Å². The molecule has 0 spiro atoms. The van der Waals surface area contributed by atoms with E-state index in [-0.39, 0.29) is 55.5 Å². The van der Waals surface area contributed by atoms with Crippen molar-refractivity contribution in [3.63, 3.8) is 0 Å². The third kappa shape index (κ3) is 35.7. The molecular formula is C47H75NO7. The SMILES string of the molecule is CC/C=C/C/C=C/C/C=C/C/C=C/C/C=C/CCCC(=O)OCC(COCCC(C(=O)[O-])[N+](C)(C)C)OC(=O)CCCCCC/C=C/C/C=C/C/C=C/CC. The molecule has 0 aliphatic rings. The fraction of sp³-hybridized carbons (Fsp3) is 0.596. The van der Waals surface area contributed by atoms with Gasteiger partial charge in [0.15, 0.2) is 6.10 Å². The lowest BCUT2D eigenvalue weighted by atomic mass is 10.1. The summed E-state index contributed by atoms with van der Waals surface area (Å²) in [4.78, 5) is 36.8. The van der Waals surface area contributed by atoms with Crippen LogP contribution in [0.25, 0.3) is 0 Å². The summed E-state index contributed by atoms with van der Waals surface area (Å²) < 4.78 is 17.0. The fourth-order valence-electron chi connectivity index (χ4n) is 5.29. The third-order valence-electron chi connectivity index (χ3n) is 8.47. The molecular weight excluding hydrogens is 691 g/mol. The molecule has 0 rings (SSSR count). The summed E-state index contributed by atoms with van der Waals surface area (Å²) in [7, 11) is 5.36. The van der Waals surface area contributed by atoms with E-state index in [0.29, 0.717) is 6.42 Å². The van der Waals surface area contributed by atoms with Crippen LogP contribution in [0.5, 0.6) is 0 Å². The van der Waals surface area contributed by atoms with Crippen LogP contribution in [0.15, 0.2) is 97.2 Å². The van der Waals surface area contributed by atoms with E-state index >= 15 is 0 Å². The topological polar surface area (TPSA) is 102 Å². The number of esters is 2. The second-order valence-corrected chi connectivity index (χ2v) is 14.5. The van der Waals surface area contributed by atoms with Gasteiger partial charge in [0.1, 0.15) is 12.6 Å². The second kappa shape index (κ2) is 37.2. The Morgan fingerprint density at radius 3 is 1.45 bits per heavy atom. The summed E-state index contributed by atoms with van der Waals surface area (Å²) >= 11 is 0. The monoisotopic (exact) mass is 766 g/mol. The molecule has 0 bridgehead atoms. The van der Waals surface area contributed by atoms with E-state index in [1.807, 2.05) is 0 Å². The number of carbonyl (C=O) groups is 3. The third-order valence-corrected chi connectivity index (χ3v) is 8.47. The van der Waals surface area contributed by atoms with Gasteiger partial charge in [-0.3, -0.25) is 9.59 Å². The first-order valence-corrected chi connectivity index (χ1v) is 20.8. The molecule has 55 heavy (non-hydrogen) atoms. The Labute approximate surface area is 335 Å². The average Bonchev–Trinajstić information content (AvgIpc) is 3.14. The Morgan fingerprint density at radius 2 is 0.982 bits per heavy atom. The maximum Gasteiger partial charge on any atom is 0.306 e. The van der Waals surface area contributed by atoms with E-state index < -0.39 is 18.1 Å². The molecule has 2 atom stereocenters. The van der Waals surface area contributed by atoms with E-state index in [1.54, 1.807) is 21.1 Å². The molecule has 8 nitrogen and oxygen atoms in total. The number of aliphatic carboxylic acids is 1. The highest BCUT2D eigenvalue weighted by molar-refractivity contribution is 5.70. The van der Waals surface area contributed by atoms with Crippen LogP contribution in [0.2, 0.25) is 0 Å². The highest BCUT2D eigenvalue weighted by Gasteiger charge is 2.25. The minimum Gasteiger partial charge on any atom is -0.544 e. The Morgan fingerprint density at radius 1 is 0.545 bits per heavy atom. The fourth-order valence-corrected chi connectivity index (χ4v) is 5.29. The van der Waals surface area contributed by atoms with Crippen molar-refractivity contribution in [3.05, 3.63) is 97.2 Å². The summed E-state index contributed by atoms with van der Waals surface area (Å²) in [6.07, 6.45) is 48.7. The number of hydrogen-bond acceptors (Lipinski definition) is 7. The highest BCUT2D eigenvalue weighted by atomic mass is 16.6. The molecule has 0 saturated heterocycles. The predicted octanol–water partition coefficient (Wildman–Crippen LogP) is 9.79. The molecule has 0 saturated carbocycles. The van der Waals surface area contributed by atoms with Gasteiger partial charge in [-0.2, -0.15) is 0 Å². The molecule has 8 heteroatoms. The van der Waals surface area contributed by atoms with Crippen molar-refractivity contribution in [2.24, 2.45) is 0 Å². The lowest BCUT2D eigenvalue weighted by Crippen LogP contribution is -2.55. The summed E-state index contributed by atoms with van der Waals surface area (Å²) in [5.74, 6) is -1.86. The maximum absolute atomic E-state index is 12.7. The Kier molecular flexibility index (Phi) is 34.7. The van der Waals surface area contributed by atoms with Crippen LogP contribution in [-0.2, 0) is 28.6 Å². The molecule has 0 aromatic rings. The van der Waals surface area contributed by atoms with Gasteiger partial charge in [0.2, 0.25) is 0 Å². The standard InChI is InChI=1S/C47H75NO7/c1-6-8-10-12-14-16-18-20-22-23-24-26-27-29-31-33-35-37-45(49)54-42-43(41-53-40-39-44(47(51)52)48(3,4)5)55-46(50)38-36-34-32-30-28-25-21-19-17-15-13-11-9-7-2/h8-11,14-17,20-22,24-26,29,31,43-44H,6-7,12-13,18-19,23,27-28,30,32-42H2,1-5H3/b10-8+,11-9+,16-14+,17-15+,22-20+,25-21+,26-24+,31-29+. The van der Waals surface area contributed by atoms with Gasteiger partial charge < -0.3 is 28.6 Å². The number of likely N-dealkylation sites (N-methyl/N-ethyl adjacent to an activating group) is 1. The number of nitrogens with zero attached hydrogens (tertiary/aromatic N) is 1. The molecule has 0 radical (unpaired) electrons. The number of rotatable bonds is 35. The van der Waals surface area contributed by atoms with E-state index in [9.17, 15) is 19.5 Å². The van der Waals surface area contributed by atoms with Gasteiger partial charge in [-0.05, 0) is 83.5 Å². The summed E-state index contributed by atoms with van der Waals surface area (Å²) in [6, 6.07) is -0.743. The van der Waals surface area contributed by atoms with Crippen molar-refractivity contribution in [2.75, 3.05) is 41.0 Å². The zero-order valence-electron chi connectivity index (χ0n) is 35.0. The van der Waals surface area contributed by atoms with Crippen molar-refractivity contribution in [1.82, 2.24) is 0 Å². The minimum absolute atomic E-state index is 0.00688. The van der Waals surface area contributed by atoms with Crippen LogP contribution in [-0.4, -0.2) is 75.5 Å². The molecule has 310 valence electrons. The zero-order valence-corrected chi connectivity index (χ0v) is 35.0. The van der Waals surface area contributed by atoms with Crippen LogP contribution < -0.4 is 5.11 Å². The van der Waals surface area contributed by atoms with Crippen molar-refractivity contribution in [1.29, 1.82) is 0 Å². The first kappa shape index (κ1) is 51.2. The summed E-state index contributed by atoms with van der Waals surface area (Å²) in [5, 5.41) is 11.6. The van der Waals surface area contributed by atoms with E-state index in [4.69, 9.17) is 14.2 Å². The first-order valence-electron chi connectivity index (χ1n) is 20.8. The number of unbranched alkanes of at least 4 members (excludes halogenated alkanes) is 5. The van der Waals surface area contributed by atoms with E-state index in [2.05, 4.69) is 111 Å². The molecule has 2 unspecified atom stereocenters. The number of carboxylic acids is 1. The van der Waals surface area contributed by atoms with Gasteiger partial charge in [-0.1, -0.05) is 124 Å². The van der Waals surface area contributed by atoms with Gasteiger partial charge in [0.25, 0.3) is 0 Å². The van der Waals surface area contributed by atoms with Crippen LogP contribution in [0, 0.1) is 0 Å². The summed E-state index contributed by atoms with van der Waals surface area (Å²) in [5.41, 5.74) is 0. The zero-order chi connectivity index (χ0) is 40.7. The molecule has 0 aromatic heterocycles. The normalized spacial score (nSPS) is 14.0. The number of ether oxygens (including phenoxy) is 3. The van der Waals surface area contributed by atoms with Crippen LogP contribution in [0.4, 0.5) is 0 Å². The Balaban J connectivity index is 4.53. The first-order chi connectivity index (χ1) is 26.6. The molecule has 0 aromatic carbocycles. The quantitative estimate of drug-likeness (QED) is 0.0274. The number of carboxylic acid groups (broad SMARTS) is 1. The number of hydrogen-bond donors (Lipinski definition) is 0. The van der Waals surface area contributed by atoms with Gasteiger partial charge in [-0.15, -0.1) is 0 Å².